The van der Waals surface area contributed by atoms with Gasteiger partial charge >= 0.3 is 0 Å². The van der Waals surface area contributed by atoms with Gasteiger partial charge in [-0.1, -0.05) is 25.0 Å². The van der Waals surface area contributed by atoms with E-state index in [1.165, 1.54) is 37.9 Å². The number of rotatable bonds is 6. The van der Waals surface area contributed by atoms with Crippen molar-refractivity contribution in [3.05, 3.63) is 11.6 Å². The van der Waals surface area contributed by atoms with Gasteiger partial charge in [-0.3, -0.25) is 4.90 Å². The number of hydrogen-bond donors (Lipinski definition) is 1. The van der Waals surface area contributed by atoms with E-state index >= 15 is 0 Å². The maximum Gasteiger partial charge on any atom is 0.0434 e. The van der Waals surface area contributed by atoms with Crippen LogP contribution in [0, 0.1) is 0 Å². The Morgan fingerprint density at radius 1 is 1.43 bits per heavy atom. The molecule has 1 rings (SSSR count). The number of unbranched alkanes of at least 4 members (excludes halogenated alkanes) is 1. The van der Waals surface area contributed by atoms with Gasteiger partial charge in [-0.2, -0.15) is 0 Å². The van der Waals surface area contributed by atoms with Crippen LogP contribution < -0.4 is 0 Å². The van der Waals surface area contributed by atoms with E-state index in [9.17, 15) is 0 Å². The topological polar surface area (TPSA) is 23.5 Å². The highest BCUT2D eigenvalue weighted by Crippen LogP contribution is 2.14. The second-order valence-electron chi connectivity index (χ2n) is 4.11. The molecule has 1 N–H and O–H groups in total. The van der Waals surface area contributed by atoms with Crippen LogP contribution in [-0.4, -0.2) is 36.2 Å². The Morgan fingerprint density at radius 3 is 3.00 bits per heavy atom. The van der Waals surface area contributed by atoms with Crippen molar-refractivity contribution in [2.24, 2.45) is 0 Å². The molecule has 1 heterocycles. The number of nitrogens with zero attached hydrogens (tertiary/aromatic N) is 1. The standard InChI is InChI=1S/C12H23NO/c1-2-3-8-13-9-4-6-12(11-13)7-5-10-14/h6,14H,2-5,7-11H2,1H3. The molecule has 1 aliphatic heterocycles. The van der Waals surface area contributed by atoms with Crippen molar-refractivity contribution < 1.29 is 5.11 Å². The van der Waals surface area contributed by atoms with E-state index in [0.717, 1.165) is 19.4 Å². The lowest BCUT2D eigenvalue weighted by molar-refractivity contribution is 0.268. The second-order valence-corrected chi connectivity index (χ2v) is 4.11. The van der Waals surface area contributed by atoms with Crippen molar-refractivity contribution in [3.8, 4) is 0 Å². The SMILES string of the molecule is CCCCN1CCC=C(CCCO)C1. The highest BCUT2D eigenvalue weighted by Gasteiger charge is 2.10. The van der Waals surface area contributed by atoms with Crippen LogP contribution in [0.15, 0.2) is 11.6 Å². The van der Waals surface area contributed by atoms with Crippen LogP contribution in [0.3, 0.4) is 0 Å². The summed E-state index contributed by atoms with van der Waals surface area (Å²) in [6.45, 7) is 6.17. The maximum absolute atomic E-state index is 8.76. The van der Waals surface area contributed by atoms with Crippen LogP contribution in [0.4, 0.5) is 0 Å². The smallest absolute Gasteiger partial charge is 0.0434 e. The molecule has 0 radical (unpaired) electrons. The molecular weight excluding hydrogens is 174 g/mol. The van der Waals surface area contributed by atoms with E-state index in [0.29, 0.717) is 6.61 Å². The molecule has 0 atom stereocenters. The number of hydrogen-bond acceptors (Lipinski definition) is 2. The predicted octanol–water partition coefficient (Wildman–Crippen LogP) is 2.19. The van der Waals surface area contributed by atoms with Crippen molar-refractivity contribution in [2.75, 3.05) is 26.2 Å². The molecule has 2 nitrogen and oxygen atoms in total. The molecule has 0 aromatic carbocycles. The summed E-state index contributed by atoms with van der Waals surface area (Å²) in [7, 11) is 0. The molecule has 0 saturated carbocycles. The minimum atomic E-state index is 0.326. The minimum Gasteiger partial charge on any atom is -0.396 e. The predicted molar refractivity (Wildman–Crippen MR) is 60.4 cm³/mol. The number of aliphatic hydroxyl groups is 1. The first kappa shape index (κ1) is 11.7. The molecule has 14 heavy (non-hydrogen) atoms. The van der Waals surface area contributed by atoms with E-state index in [1.807, 2.05) is 0 Å². The highest BCUT2D eigenvalue weighted by molar-refractivity contribution is 5.07. The maximum atomic E-state index is 8.76. The highest BCUT2D eigenvalue weighted by atomic mass is 16.2. The average Bonchev–Trinajstić information content (AvgIpc) is 2.24. The first-order chi connectivity index (χ1) is 6.86. The summed E-state index contributed by atoms with van der Waals surface area (Å²) in [5.74, 6) is 0. The molecule has 0 fully saturated rings. The molecular formula is C12H23NO. The summed E-state index contributed by atoms with van der Waals surface area (Å²) in [6, 6.07) is 0. The molecule has 0 aromatic rings. The molecule has 0 unspecified atom stereocenters. The van der Waals surface area contributed by atoms with Gasteiger partial charge in [0.05, 0.1) is 0 Å². The van der Waals surface area contributed by atoms with Gasteiger partial charge in [-0.25, -0.2) is 0 Å². The van der Waals surface area contributed by atoms with Crippen molar-refractivity contribution >= 4 is 0 Å². The van der Waals surface area contributed by atoms with Crippen LogP contribution in [0.1, 0.15) is 39.0 Å². The van der Waals surface area contributed by atoms with Crippen LogP contribution in [-0.2, 0) is 0 Å². The molecule has 2 heteroatoms. The van der Waals surface area contributed by atoms with Gasteiger partial charge in [0.15, 0.2) is 0 Å². The van der Waals surface area contributed by atoms with Crippen molar-refractivity contribution in [1.29, 1.82) is 0 Å². The molecule has 82 valence electrons. The first-order valence-electron chi connectivity index (χ1n) is 5.88. The Morgan fingerprint density at radius 2 is 2.29 bits per heavy atom. The zero-order valence-electron chi connectivity index (χ0n) is 9.34. The van der Waals surface area contributed by atoms with Crippen LogP contribution >= 0.6 is 0 Å². The van der Waals surface area contributed by atoms with Crippen molar-refractivity contribution in [2.45, 2.75) is 39.0 Å². The Hall–Kier alpha value is -0.340. The summed E-state index contributed by atoms with van der Waals surface area (Å²) in [6.07, 6.45) is 8.16. The third-order valence-corrected chi connectivity index (χ3v) is 2.79. The lowest BCUT2D eigenvalue weighted by atomic mass is 10.0. The summed E-state index contributed by atoms with van der Waals surface area (Å²) in [5, 5.41) is 8.76. The molecule has 0 amide bonds. The molecule has 0 saturated heterocycles. The summed E-state index contributed by atoms with van der Waals surface area (Å²) in [5.41, 5.74) is 1.53. The van der Waals surface area contributed by atoms with Crippen LogP contribution in [0.5, 0.6) is 0 Å². The molecule has 0 bridgehead atoms. The van der Waals surface area contributed by atoms with Crippen LogP contribution in [0.2, 0.25) is 0 Å². The average molecular weight is 197 g/mol. The van der Waals surface area contributed by atoms with E-state index in [4.69, 9.17) is 5.11 Å². The molecule has 1 aliphatic rings. The quantitative estimate of drug-likeness (QED) is 0.660. The third kappa shape index (κ3) is 4.25. The van der Waals surface area contributed by atoms with Gasteiger partial charge in [-0.05, 0) is 32.2 Å². The zero-order chi connectivity index (χ0) is 10.2. The zero-order valence-corrected chi connectivity index (χ0v) is 9.34. The lowest BCUT2D eigenvalue weighted by Crippen LogP contribution is -2.30. The van der Waals surface area contributed by atoms with E-state index in [2.05, 4.69) is 17.9 Å². The van der Waals surface area contributed by atoms with E-state index < -0.39 is 0 Å². The van der Waals surface area contributed by atoms with Gasteiger partial charge in [-0.15, -0.1) is 0 Å². The fourth-order valence-corrected chi connectivity index (χ4v) is 1.94. The van der Waals surface area contributed by atoms with Gasteiger partial charge in [0.1, 0.15) is 0 Å². The molecule has 0 aromatic heterocycles. The largest absolute Gasteiger partial charge is 0.396 e. The van der Waals surface area contributed by atoms with Gasteiger partial charge < -0.3 is 5.11 Å². The van der Waals surface area contributed by atoms with Crippen LogP contribution in [0.25, 0.3) is 0 Å². The van der Waals surface area contributed by atoms with Crippen molar-refractivity contribution in [3.63, 3.8) is 0 Å². The number of aliphatic hydroxyl groups excluding tert-OH is 1. The van der Waals surface area contributed by atoms with Gasteiger partial charge in [0.2, 0.25) is 0 Å². The Labute approximate surface area is 87.6 Å². The summed E-state index contributed by atoms with van der Waals surface area (Å²) >= 11 is 0. The Balaban J connectivity index is 2.23. The van der Waals surface area contributed by atoms with Gasteiger partial charge in [0, 0.05) is 19.7 Å². The molecule has 0 aliphatic carbocycles. The third-order valence-electron chi connectivity index (χ3n) is 2.79. The molecule has 0 spiro atoms. The summed E-state index contributed by atoms with van der Waals surface area (Å²) < 4.78 is 0. The normalized spacial score (nSPS) is 18.3. The summed E-state index contributed by atoms with van der Waals surface area (Å²) in [4.78, 5) is 2.54. The lowest BCUT2D eigenvalue weighted by Gasteiger charge is -2.27. The first-order valence-corrected chi connectivity index (χ1v) is 5.88. The Kier molecular flexibility index (Phi) is 5.88. The van der Waals surface area contributed by atoms with Crippen molar-refractivity contribution in [1.82, 2.24) is 4.90 Å². The second kappa shape index (κ2) is 7.02. The van der Waals surface area contributed by atoms with Gasteiger partial charge in [0.25, 0.3) is 0 Å². The fourth-order valence-electron chi connectivity index (χ4n) is 1.94. The Bertz CT molecular complexity index is 177. The fraction of sp³-hybridized carbons (Fsp3) is 0.833. The minimum absolute atomic E-state index is 0.326. The van der Waals surface area contributed by atoms with E-state index in [1.54, 1.807) is 0 Å². The monoisotopic (exact) mass is 197 g/mol. The van der Waals surface area contributed by atoms with E-state index in [-0.39, 0.29) is 0 Å².